The van der Waals surface area contributed by atoms with Crippen molar-refractivity contribution in [1.29, 1.82) is 0 Å². The lowest BCUT2D eigenvalue weighted by molar-refractivity contribution is 0.108. The maximum absolute atomic E-state index is 5.64. The number of halogens is 1. The highest BCUT2D eigenvalue weighted by Gasteiger charge is 2.17. The van der Waals surface area contributed by atoms with E-state index in [1.807, 2.05) is 12.1 Å². The van der Waals surface area contributed by atoms with Gasteiger partial charge < -0.3 is 19.9 Å². The lowest BCUT2D eigenvalue weighted by Gasteiger charge is -2.18. The van der Waals surface area contributed by atoms with Gasteiger partial charge in [-0.2, -0.15) is 0 Å². The van der Waals surface area contributed by atoms with Crippen LogP contribution in [-0.2, 0) is 4.74 Å². The van der Waals surface area contributed by atoms with Crippen LogP contribution in [0.3, 0.4) is 0 Å². The Kier molecular flexibility index (Phi) is 5.05. The number of hydrogen-bond acceptors (Lipinski definition) is 4. The molecule has 1 rings (SSSR count). The molecule has 2 N–H and O–H groups in total. The highest BCUT2D eigenvalue weighted by molar-refractivity contribution is 9.10. The summed E-state index contributed by atoms with van der Waals surface area (Å²) in [6.45, 7) is 0.387. The number of nitrogens with two attached hydrogens (primary N) is 1. The predicted molar refractivity (Wildman–Crippen MR) is 66.1 cm³/mol. The Morgan fingerprint density at radius 3 is 2.25 bits per heavy atom. The second-order valence-electron chi connectivity index (χ2n) is 3.19. The monoisotopic (exact) mass is 289 g/mol. The molecule has 0 spiro atoms. The first-order chi connectivity index (χ1) is 7.67. The molecule has 0 aliphatic carbocycles. The molecule has 0 amide bonds. The van der Waals surface area contributed by atoms with Crippen LogP contribution in [0.5, 0.6) is 11.5 Å². The van der Waals surface area contributed by atoms with Crippen molar-refractivity contribution in [2.24, 2.45) is 5.73 Å². The van der Waals surface area contributed by atoms with Crippen molar-refractivity contribution in [3.63, 3.8) is 0 Å². The molecule has 1 atom stereocenters. The predicted octanol–water partition coefficient (Wildman–Crippen LogP) is 2.11. The Morgan fingerprint density at radius 2 is 1.81 bits per heavy atom. The van der Waals surface area contributed by atoms with Crippen molar-refractivity contribution in [2.45, 2.75) is 6.10 Å². The second kappa shape index (κ2) is 6.08. The van der Waals surface area contributed by atoms with Crippen LogP contribution in [-0.4, -0.2) is 27.9 Å². The molecule has 90 valence electrons. The van der Waals surface area contributed by atoms with Crippen LogP contribution in [0.15, 0.2) is 16.6 Å². The highest BCUT2D eigenvalue weighted by Crippen LogP contribution is 2.36. The largest absolute Gasteiger partial charge is 0.496 e. The van der Waals surface area contributed by atoms with Gasteiger partial charge >= 0.3 is 0 Å². The molecule has 0 saturated heterocycles. The lowest BCUT2D eigenvalue weighted by atomic mass is 10.1. The molecule has 1 unspecified atom stereocenters. The van der Waals surface area contributed by atoms with E-state index in [0.29, 0.717) is 6.54 Å². The van der Waals surface area contributed by atoms with Gasteiger partial charge in [0, 0.05) is 19.2 Å². The van der Waals surface area contributed by atoms with E-state index in [1.165, 1.54) is 0 Å². The smallest absolute Gasteiger partial charge is 0.133 e. The van der Waals surface area contributed by atoms with E-state index in [9.17, 15) is 0 Å². The first-order valence-electron chi connectivity index (χ1n) is 4.82. The second-order valence-corrected chi connectivity index (χ2v) is 4.04. The van der Waals surface area contributed by atoms with Gasteiger partial charge in [0.15, 0.2) is 0 Å². The summed E-state index contributed by atoms with van der Waals surface area (Å²) in [6, 6.07) is 3.71. The van der Waals surface area contributed by atoms with Crippen LogP contribution >= 0.6 is 15.9 Å². The molecule has 0 fully saturated rings. The number of benzene rings is 1. The number of ether oxygens (including phenoxy) is 3. The maximum Gasteiger partial charge on any atom is 0.133 e. The number of methoxy groups -OCH3 is 3. The van der Waals surface area contributed by atoms with Crippen molar-refractivity contribution < 1.29 is 14.2 Å². The van der Waals surface area contributed by atoms with Crippen LogP contribution in [0, 0.1) is 0 Å². The van der Waals surface area contributed by atoms with Crippen LogP contribution in [0.4, 0.5) is 0 Å². The summed E-state index contributed by atoms with van der Waals surface area (Å²) in [6.07, 6.45) is -0.197. The highest BCUT2D eigenvalue weighted by atomic mass is 79.9. The average molecular weight is 290 g/mol. The fourth-order valence-corrected chi connectivity index (χ4v) is 1.97. The van der Waals surface area contributed by atoms with E-state index in [4.69, 9.17) is 19.9 Å². The first kappa shape index (κ1) is 13.3. The molecule has 1 aromatic rings. The molecule has 0 aliphatic rings. The molecular formula is C11H16BrNO3. The van der Waals surface area contributed by atoms with Crippen molar-refractivity contribution in [1.82, 2.24) is 0 Å². The zero-order valence-corrected chi connectivity index (χ0v) is 11.2. The fourth-order valence-electron chi connectivity index (χ4n) is 1.49. The minimum atomic E-state index is -0.197. The molecule has 0 aliphatic heterocycles. The van der Waals surface area contributed by atoms with Gasteiger partial charge in [0.25, 0.3) is 0 Å². The molecule has 16 heavy (non-hydrogen) atoms. The van der Waals surface area contributed by atoms with Gasteiger partial charge in [0.2, 0.25) is 0 Å². The third-order valence-electron chi connectivity index (χ3n) is 2.35. The molecule has 5 heteroatoms. The van der Waals surface area contributed by atoms with Gasteiger partial charge in [-0.1, -0.05) is 0 Å². The molecule has 0 saturated carbocycles. The fraction of sp³-hybridized carbons (Fsp3) is 0.455. The van der Waals surface area contributed by atoms with E-state index >= 15 is 0 Å². The summed E-state index contributed by atoms with van der Waals surface area (Å²) in [5.74, 6) is 1.45. The summed E-state index contributed by atoms with van der Waals surface area (Å²) in [5.41, 5.74) is 6.52. The van der Waals surface area contributed by atoms with E-state index in [1.54, 1.807) is 21.3 Å². The Bertz CT molecular complexity index is 353. The van der Waals surface area contributed by atoms with E-state index < -0.39 is 0 Å². The molecule has 4 nitrogen and oxygen atoms in total. The Balaban J connectivity index is 3.23. The summed E-state index contributed by atoms with van der Waals surface area (Å²) < 4.78 is 16.6. The van der Waals surface area contributed by atoms with Gasteiger partial charge in [0.1, 0.15) is 11.5 Å². The Labute approximate surface area is 104 Å². The third kappa shape index (κ3) is 2.66. The molecular weight excluding hydrogens is 274 g/mol. The van der Waals surface area contributed by atoms with Gasteiger partial charge in [-0.3, -0.25) is 0 Å². The summed E-state index contributed by atoms with van der Waals surface area (Å²) in [7, 11) is 4.84. The standard InChI is InChI=1S/C11H16BrNO3/c1-14-9-5-8(12)10(15-2)4-7(9)11(6-13)16-3/h4-5,11H,6,13H2,1-3H3. The third-order valence-corrected chi connectivity index (χ3v) is 2.97. The first-order valence-corrected chi connectivity index (χ1v) is 5.61. The average Bonchev–Trinajstić information content (AvgIpc) is 2.31. The molecule has 1 aromatic carbocycles. The number of rotatable bonds is 5. The van der Waals surface area contributed by atoms with Gasteiger partial charge in [-0.25, -0.2) is 0 Å². The Hall–Kier alpha value is -0.780. The van der Waals surface area contributed by atoms with Gasteiger partial charge in [0.05, 0.1) is 24.8 Å². The maximum atomic E-state index is 5.64. The summed E-state index contributed by atoms with van der Waals surface area (Å²) in [4.78, 5) is 0. The van der Waals surface area contributed by atoms with Gasteiger partial charge in [-0.05, 0) is 28.1 Å². The Morgan fingerprint density at radius 1 is 1.19 bits per heavy atom. The van der Waals surface area contributed by atoms with E-state index in [2.05, 4.69) is 15.9 Å². The lowest BCUT2D eigenvalue weighted by Crippen LogP contribution is -2.15. The van der Waals surface area contributed by atoms with Crippen LogP contribution in [0.2, 0.25) is 0 Å². The summed E-state index contributed by atoms with van der Waals surface area (Å²) in [5, 5.41) is 0. The van der Waals surface area contributed by atoms with E-state index in [0.717, 1.165) is 21.5 Å². The molecule has 0 heterocycles. The van der Waals surface area contributed by atoms with Crippen molar-refractivity contribution in [3.8, 4) is 11.5 Å². The number of hydrogen-bond donors (Lipinski definition) is 1. The van der Waals surface area contributed by atoms with Crippen molar-refractivity contribution >= 4 is 15.9 Å². The minimum absolute atomic E-state index is 0.197. The molecule has 0 aromatic heterocycles. The van der Waals surface area contributed by atoms with E-state index in [-0.39, 0.29) is 6.10 Å². The topological polar surface area (TPSA) is 53.7 Å². The summed E-state index contributed by atoms with van der Waals surface area (Å²) >= 11 is 3.40. The van der Waals surface area contributed by atoms with Crippen molar-refractivity contribution in [3.05, 3.63) is 22.2 Å². The van der Waals surface area contributed by atoms with Crippen LogP contribution in [0.25, 0.3) is 0 Å². The van der Waals surface area contributed by atoms with Crippen LogP contribution < -0.4 is 15.2 Å². The van der Waals surface area contributed by atoms with Gasteiger partial charge in [-0.15, -0.1) is 0 Å². The zero-order valence-electron chi connectivity index (χ0n) is 9.62. The SMILES string of the molecule is COc1cc(C(CN)OC)c(OC)cc1Br. The van der Waals surface area contributed by atoms with Crippen molar-refractivity contribution in [2.75, 3.05) is 27.9 Å². The normalized spacial score (nSPS) is 12.3. The molecule has 0 radical (unpaired) electrons. The van der Waals surface area contributed by atoms with Crippen LogP contribution in [0.1, 0.15) is 11.7 Å². The minimum Gasteiger partial charge on any atom is -0.496 e. The quantitative estimate of drug-likeness (QED) is 0.902. The molecule has 0 bridgehead atoms. The zero-order chi connectivity index (χ0) is 12.1.